The number of amides is 2. The van der Waals surface area contributed by atoms with Gasteiger partial charge in [-0.15, -0.1) is 0 Å². The molecule has 0 spiro atoms. The van der Waals surface area contributed by atoms with Crippen LogP contribution >= 0.6 is 0 Å². The van der Waals surface area contributed by atoms with Crippen LogP contribution in [-0.4, -0.2) is 35.3 Å². The van der Waals surface area contributed by atoms with Gasteiger partial charge in [0.25, 0.3) is 0 Å². The molecule has 2 rings (SSSR count). The highest BCUT2D eigenvalue weighted by Gasteiger charge is 2.49. The summed E-state index contributed by atoms with van der Waals surface area (Å²) < 4.78 is 5.10. The molecule has 0 bridgehead atoms. The lowest BCUT2D eigenvalue weighted by atomic mass is 10.0. The zero-order valence-electron chi connectivity index (χ0n) is 10.7. The largest absolute Gasteiger partial charge is 0.465 e. The Labute approximate surface area is 106 Å². The van der Waals surface area contributed by atoms with Gasteiger partial charge in [0, 0.05) is 12.5 Å². The SMILES string of the molecule is CCCCCOC(=O)C1CC2CCC(=O)N2C1=O. The van der Waals surface area contributed by atoms with Gasteiger partial charge in [-0.1, -0.05) is 19.8 Å². The highest BCUT2D eigenvalue weighted by molar-refractivity contribution is 6.08. The molecule has 0 saturated carbocycles. The quantitative estimate of drug-likeness (QED) is 0.320. The average Bonchev–Trinajstić information content (AvgIpc) is 2.87. The Hall–Kier alpha value is -1.39. The van der Waals surface area contributed by atoms with Gasteiger partial charge in [-0.2, -0.15) is 0 Å². The van der Waals surface area contributed by atoms with E-state index in [9.17, 15) is 14.4 Å². The van der Waals surface area contributed by atoms with Crippen LogP contribution in [0.3, 0.4) is 0 Å². The van der Waals surface area contributed by atoms with Crippen molar-refractivity contribution in [2.45, 2.75) is 51.5 Å². The Morgan fingerprint density at radius 3 is 2.83 bits per heavy atom. The molecular weight excluding hydrogens is 234 g/mol. The van der Waals surface area contributed by atoms with Crippen LogP contribution in [0.4, 0.5) is 0 Å². The first-order chi connectivity index (χ1) is 8.65. The van der Waals surface area contributed by atoms with E-state index in [1.807, 2.05) is 0 Å². The number of unbranched alkanes of at least 4 members (excludes halogenated alkanes) is 2. The Morgan fingerprint density at radius 1 is 1.39 bits per heavy atom. The Bertz CT molecular complexity index is 366. The monoisotopic (exact) mass is 253 g/mol. The molecule has 5 nitrogen and oxygen atoms in total. The van der Waals surface area contributed by atoms with Crippen LogP contribution in [0.5, 0.6) is 0 Å². The van der Waals surface area contributed by atoms with Gasteiger partial charge in [0.15, 0.2) is 0 Å². The summed E-state index contributed by atoms with van der Waals surface area (Å²) in [5, 5.41) is 0. The zero-order chi connectivity index (χ0) is 13.1. The van der Waals surface area contributed by atoms with Crippen molar-refractivity contribution in [3.05, 3.63) is 0 Å². The van der Waals surface area contributed by atoms with E-state index in [1.54, 1.807) is 0 Å². The third kappa shape index (κ3) is 2.40. The van der Waals surface area contributed by atoms with Crippen LogP contribution in [0.2, 0.25) is 0 Å². The highest BCUT2D eigenvalue weighted by Crippen LogP contribution is 2.33. The van der Waals surface area contributed by atoms with Crippen molar-refractivity contribution in [2.24, 2.45) is 5.92 Å². The highest BCUT2D eigenvalue weighted by atomic mass is 16.5. The molecule has 0 aromatic carbocycles. The lowest BCUT2D eigenvalue weighted by Crippen LogP contribution is -2.34. The van der Waals surface area contributed by atoms with Crippen molar-refractivity contribution >= 4 is 17.8 Å². The van der Waals surface area contributed by atoms with E-state index < -0.39 is 11.9 Å². The fourth-order valence-electron chi connectivity index (χ4n) is 2.63. The number of hydrogen-bond donors (Lipinski definition) is 0. The van der Waals surface area contributed by atoms with Crippen molar-refractivity contribution in [1.82, 2.24) is 4.90 Å². The van der Waals surface area contributed by atoms with E-state index in [1.165, 1.54) is 4.90 Å². The molecule has 0 aromatic rings. The third-order valence-corrected chi connectivity index (χ3v) is 3.65. The number of imide groups is 1. The topological polar surface area (TPSA) is 63.7 Å². The number of nitrogens with zero attached hydrogens (tertiary/aromatic N) is 1. The molecule has 2 atom stereocenters. The van der Waals surface area contributed by atoms with Crippen LogP contribution < -0.4 is 0 Å². The van der Waals surface area contributed by atoms with E-state index in [-0.39, 0.29) is 17.9 Å². The minimum Gasteiger partial charge on any atom is -0.465 e. The number of ether oxygens (including phenoxy) is 1. The lowest BCUT2D eigenvalue weighted by Gasteiger charge is -2.12. The van der Waals surface area contributed by atoms with Crippen molar-refractivity contribution in [1.29, 1.82) is 0 Å². The van der Waals surface area contributed by atoms with E-state index in [0.717, 1.165) is 19.3 Å². The second-order valence-electron chi connectivity index (χ2n) is 4.96. The van der Waals surface area contributed by atoms with Gasteiger partial charge in [-0.25, -0.2) is 0 Å². The number of fused-ring (bicyclic) bond motifs is 1. The third-order valence-electron chi connectivity index (χ3n) is 3.65. The van der Waals surface area contributed by atoms with Crippen LogP contribution in [-0.2, 0) is 19.1 Å². The molecular formula is C13H19NO4. The van der Waals surface area contributed by atoms with E-state index in [0.29, 0.717) is 25.9 Å². The van der Waals surface area contributed by atoms with E-state index in [2.05, 4.69) is 6.92 Å². The number of rotatable bonds is 5. The van der Waals surface area contributed by atoms with Gasteiger partial charge >= 0.3 is 5.97 Å². The average molecular weight is 253 g/mol. The first-order valence-electron chi connectivity index (χ1n) is 6.67. The van der Waals surface area contributed by atoms with Gasteiger partial charge in [-0.05, 0) is 19.3 Å². The number of esters is 1. The van der Waals surface area contributed by atoms with Gasteiger partial charge < -0.3 is 4.74 Å². The van der Waals surface area contributed by atoms with Gasteiger partial charge in [0.2, 0.25) is 11.8 Å². The maximum Gasteiger partial charge on any atom is 0.318 e. The maximum absolute atomic E-state index is 11.9. The summed E-state index contributed by atoms with van der Waals surface area (Å²) in [6, 6.07) is -0.0711. The summed E-state index contributed by atoms with van der Waals surface area (Å²) >= 11 is 0. The van der Waals surface area contributed by atoms with Gasteiger partial charge in [0.05, 0.1) is 6.61 Å². The second kappa shape index (κ2) is 5.50. The summed E-state index contributed by atoms with van der Waals surface area (Å²) in [6.07, 6.45) is 4.45. The van der Waals surface area contributed by atoms with Crippen LogP contribution in [0.15, 0.2) is 0 Å². The van der Waals surface area contributed by atoms with E-state index in [4.69, 9.17) is 4.74 Å². The maximum atomic E-state index is 11.9. The summed E-state index contributed by atoms with van der Waals surface area (Å²) in [5.74, 6) is -1.71. The van der Waals surface area contributed by atoms with Crippen LogP contribution in [0, 0.1) is 5.92 Å². The molecule has 2 aliphatic rings. The molecule has 2 heterocycles. The first kappa shape index (κ1) is 13.1. The van der Waals surface area contributed by atoms with Crippen molar-refractivity contribution < 1.29 is 19.1 Å². The zero-order valence-corrected chi connectivity index (χ0v) is 10.7. The number of carbonyl (C=O) groups is 3. The molecule has 2 aliphatic heterocycles. The summed E-state index contributed by atoms with van der Waals surface area (Å²) in [7, 11) is 0. The fraction of sp³-hybridized carbons (Fsp3) is 0.769. The molecule has 0 aromatic heterocycles. The molecule has 0 radical (unpaired) electrons. The minimum absolute atomic E-state index is 0.0711. The normalized spacial score (nSPS) is 26.6. The standard InChI is InChI=1S/C13H19NO4/c1-2-3-4-7-18-13(17)10-8-9-5-6-11(15)14(9)12(10)16/h9-10H,2-8H2,1H3. The van der Waals surface area contributed by atoms with Crippen LogP contribution in [0.25, 0.3) is 0 Å². The molecule has 0 N–H and O–H groups in total. The lowest BCUT2D eigenvalue weighted by molar-refractivity contribution is -0.154. The fourth-order valence-corrected chi connectivity index (χ4v) is 2.63. The first-order valence-corrected chi connectivity index (χ1v) is 6.67. The molecule has 5 heteroatoms. The van der Waals surface area contributed by atoms with E-state index >= 15 is 0 Å². The van der Waals surface area contributed by atoms with Crippen molar-refractivity contribution in [3.63, 3.8) is 0 Å². The minimum atomic E-state index is -0.749. The predicted molar refractivity (Wildman–Crippen MR) is 63.5 cm³/mol. The Kier molecular flexibility index (Phi) is 3.99. The molecule has 2 fully saturated rings. The molecule has 100 valence electrons. The van der Waals surface area contributed by atoms with Crippen LogP contribution in [0.1, 0.15) is 45.4 Å². The predicted octanol–water partition coefficient (Wildman–Crippen LogP) is 1.26. The van der Waals surface area contributed by atoms with Gasteiger partial charge in [-0.3, -0.25) is 19.3 Å². The number of hydrogen-bond acceptors (Lipinski definition) is 4. The van der Waals surface area contributed by atoms with Crippen molar-refractivity contribution in [3.8, 4) is 0 Å². The Balaban J connectivity index is 1.85. The summed E-state index contributed by atoms with van der Waals surface area (Å²) in [5.41, 5.74) is 0. The smallest absolute Gasteiger partial charge is 0.318 e. The van der Waals surface area contributed by atoms with Gasteiger partial charge in [0.1, 0.15) is 5.92 Å². The molecule has 2 amide bonds. The summed E-state index contributed by atoms with van der Waals surface area (Å²) in [4.78, 5) is 36.5. The van der Waals surface area contributed by atoms with Crippen molar-refractivity contribution in [2.75, 3.05) is 6.61 Å². The molecule has 2 saturated heterocycles. The molecule has 18 heavy (non-hydrogen) atoms. The molecule has 2 unspecified atom stereocenters. The second-order valence-corrected chi connectivity index (χ2v) is 4.96. The summed E-state index contributed by atoms with van der Waals surface area (Å²) in [6.45, 7) is 2.44. The Morgan fingerprint density at radius 2 is 2.17 bits per heavy atom. The number of carbonyl (C=O) groups excluding carboxylic acids is 3. The molecule has 0 aliphatic carbocycles.